The Morgan fingerprint density at radius 3 is 2.83 bits per heavy atom. The minimum Gasteiger partial charge on any atom is -0.370 e. The summed E-state index contributed by atoms with van der Waals surface area (Å²) < 4.78 is 19.0. The van der Waals surface area contributed by atoms with Gasteiger partial charge in [0.2, 0.25) is 5.91 Å². The molecule has 0 bridgehead atoms. The molecular formula is C16H21Cl2FN2O2. The van der Waals surface area contributed by atoms with Gasteiger partial charge < -0.3 is 15.4 Å². The first-order valence-electron chi connectivity index (χ1n) is 7.67. The summed E-state index contributed by atoms with van der Waals surface area (Å²) in [6.45, 7) is 1.50. The van der Waals surface area contributed by atoms with Crippen LogP contribution < -0.4 is 5.73 Å². The smallest absolute Gasteiger partial charge is 0.227 e. The lowest BCUT2D eigenvalue weighted by Crippen LogP contribution is -2.47. The summed E-state index contributed by atoms with van der Waals surface area (Å²) in [4.78, 5) is 14.4. The van der Waals surface area contributed by atoms with E-state index in [0.29, 0.717) is 19.7 Å². The molecule has 2 aliphatic rings. The minimum absolute atomic E-state index is 0. The van der Waals surface area contributed by atoms with Crippen LogP contribution in [0, 0.1) is 11.7 Å². The number of nitrogens with zero attached hydrogens (tertiary/aromatic N) is 1. The van der Waals surface area contributed by atoms with Crippen molar-refractivity contribution in [3.63, 3.8) is 0 Å². The Labute approximate surface area is 146 Å². The second-order valence-electron chi connectivity index (χ2n) is 6.02. The number of rotatable bonds is 2. The average molecular weight is 363 g/mol. The first-order chi connectivity index (χ1) is 10.6. The maximum Gasteiger partial charge on any atom is 0.227 e. The van der Waals surface area contributed by atoms with Crippen molar-refractivity contribution in [1.29, 1.82) is 0 Å². The third-order valence-electron chi connectivity index (χ3n) is 4.58. The van der Waals surface area contributed by atoms with Gasteiger partial charge in [0.15, 0.2) is 0 Å². The first kappa shape index (κ1) is 18.5. The van der Waals surface area contributed by atoms with E-state index in [1.54, 1.807) is 12.1 Å². The minimum atomic E-state index is -0.453. The molecule has 1 aromatic rings. The maximum absolute atomic E-state index is 13.3. The fraction of sp³-hybridized carbons (Fsp3) is 0.562. The number of carbonyl (C=O) groups is 1. The average Bonchev–Trinajstić information content (AvgIpc) is 2.95. The summed E-state index contributed by atoms with van der Waals surface area (Å²) >= 11 is 5.83. The number of ether oxygens (including phenoxy) is 1. The molecule has 128 valence electrons. The molecule has 1 saturated heterocycles. The van der Waals surface area contributed by atoms with Crippen LogP contribution in [0.1, 0.15) is 30.9 Å². The maximum atomic E-state index is 13.3. The highest BCUT2D eigenvalue weighted by Gasteiger charge is 2.35. The highest BCUT2D eigenvalue weighted by molar-refractivity contribution is 6.30. The molecule has 3 atom stereocenters. The van der Waals surface area contributed by atoms with E-state index in [4.69, 9.17) is 22.1 Å². The van der Waals surface area contributed by atoms with Crippen molar-refractivity contribution in [2.75, 3.05) is 19.7 Å². The SMILES string of the molecule is Cl.NC1CCCC1C(=O)N1CCOC(c2ccc(F)c(Cl)c2)C1. The van der Waals surface area contributed by atoms with Crippen molar-refractivity contribution in [2.45, 2.75) is 31.4 Å². The van der Waals surface area contributed by atoms with Crippen molar-refractivity contribution < 1.29 is 13.9 Å². The standard InChI is InChI=1S/C16H20ClFN2O2.ClH/c17-12-8-10(4-5-13(12)18)15-9-20(6-7-22-15)16(21)11-2-1-3-14(11)19;/h4-5,8,11,14-15H,1-3,6-7,9,19H2;1H. The van der Waals surface area contributed by atoms with Gasteiger partial charge in [0.05, 0.1) is 24.1 Å². The van der Waals surface area contributed by atoms with Gasteiger partial charge in [0.1, 0.15) is 11.9 Å². The molecule has 1 aromatic carbocycles. The van der Waals surface area contributed by atoms with Gasteiger partial charge >= 0.3 is 0 Å². The highest BCUT2D eigenvalue weighted by Crippen LogP contribution is 2.30. The summed E-state index contributed by atoms with van der Waals surface area (Å²) in [5.41, 5.74) is 6.82. The van der Waals surface area contributed by atoms with Crippen molar-refractivity contribution in [1.82, 2.24) is 4.90 Å². The predicted octanol–water partition coefficient (Wildman–Crippen LogP) is 2.93. The molecule has 1 aliphatic heterocycles. The van der Waals surface area contributed by atoms with E-state index in [-0.39, 0.29) is 41.4 Å². The van der Waals surface area contributed by atoms with Gasteiger partial charge in [-0.15, -0.1) is 12.4 Å². The van der Waals surface area contributed by atoms with E-state index < -0.39 is 5.82 Å². The van der Waals surface area contributed by atoms with Gasteiger partial charge in [-0.1, -0.05) is 24.1 Å². The Kier molecular flexibility index (Phi) is 6.26. The summed E-state index contributed by atoms with van der Waals surface area (Å²) in [6, 6.07) is 4.52. The summed E-state index contributed by atoms with van der Waals surface area (Å²) in [7, 11) is 0. The molecule has 2 fully saturated rings. The summed E-state index contributed by atoms with van der Waals surface area (Å²) in [6.07, 6.45) is 2.52. The van der Waals surface area contributed by atoms with Gasteiger partial charge in [-0.05, 0) is 30.5 Å². The Bertz CT molecular complexity index is 573. The Morgan fingerprint density at radius 2 is 2.17 bits per heavy atom. The molecule has 0 spiro atoms. The van der Waals surface area contributed by atoms with E-state index in [0.717, 1.165) is 24.8 Å². The van der Waals surface area contributed by atoms with Crippen molar-refractivity contribution in [3.8, 4) is 0 Å². The fourth-order valence-corrected chi connectivity index (χ4v) is 3.48. The summed E-state index contributed by atoms with van der Waals surface area (Å²) in [5, 5.41) is 0.0716. The van der Waals surface area contributed by atoms with Crippen LogP contribution in [0.15, 0.2) is 18.2 Å². The zero-order valence-corrected chi connectivity index (χ0v) is 14.3. The molecule has 1 saturated carbocycles. The van der Waals surface area contributed by atoms with Crippen molar-refractivity contribution >= 4 is 29.9 Å². The second kappa shape index (κ2) is 7.79. The van der Waals surface area contributed by atoms with Crippen molar-refractivity contribution in [3.05, 3.63) is 34.6 Å². The number of morpholine rings is 1. The van der Waals surface area contributed by atoms with Crippen LogP contribution in [-0.4, -0.2) is 36.5 Å². The number of carbonyl (C=O) groups excluding carboxylic acids is 1. The Balaban J connectivity index is 0.00000192. The molecule has 7 heteroatoms. The number of nitrogens with two attached hydrogens (primary N) is 1. The quantitative estimate of drug-likeness (QED) is 0.879. The zero-order chi connectivity index (χ0) is 15.7. The topological polar surface area (TPSA) is 55.6 Å². The number of amides is 1. The number of hydrogen-bond donors (Lipinski definition) is 1. The monoisotopic (exact) mass is 362 g/mol. The molecule has 4 nitrogen and oxygen atoms in total. The molecule has 1 aliphatic carbocycles. The third kappa shape index (κ3) is 3.97. The highest BCUT2D eigenvalue weighted by atomic mass is 35.5. The molecule has 0 aromatic heterocycles. The Morgan fingerprint density at radius 1 is 1.39 bits per heavy atom. The molecule has 23 heavy (non-hydrogen) atoms. The van der Waals surface area contributed by atoms with E-state index in [1.165, 1.54) is 6.07 Å². The lowest BCUT2D eigenvalue weighted by Gasteiger charge is -2.35. The van der Waals surface area contributed by atoms with Gasteiger partial charge in [-0.2, -0.15) is 0 Å². The van der Waals surface area contributed by atoms with Crippen LogP contribution in [0.4, 0.5) is 4.39 Å². The van der Waals surface area contributed by atoms with Crippen LogP contribution in [0.5, 0.6) is 0 Å². The number of benzene rings is 1. The zero-order valence-electron chi connectivity index (χ0n) is 12.7. The molecular weight excluding hydrogens is 342 g/mol. The Hall–Kier alpha value is -0.880. The molecule has 1 amide bonds. The van der Waals surface area contributed by atoms with E-state index >= 15 is 0 Å². The normalized spacial score (nSPS) is 27.6. The molecule has 1 heterocycles. The van der Waals surface area contributed by atoms with Gasteiger partial charge in [0.25, 0.3) is 0 Å². The molecule has 3 unspecified atom stereocenters. The summed E-state index contributed by atoms with van der Waals surface area (Å²) in [5.74, 6) is -0.409. The fourth-order valence-electron chi connectivity index (χ4n) is 3.29. The van der Waals surface area contributed by atoms with Gasteiger partial charge in [-0.25, -0.2) is 4.39 Å². The lowest BCUT2D eigenvalue weighted by molar-refractivity contribution is -0.143. The predicted molar refractivity (Wildman–Crippen MR) is 89.2 cm³/mol. The van der Waals surface area contributed by atoms with E-state index in [1.807, 2.05) is 4.90 Å². The van der Waals surface area contributed by atoms with E-state index in [9.17, 15) is 9.18 Å². The second-order valence-corrected chi connectivity index (χ2v) is 6.43. The third-order valence-corrected chi connectivity index (χ3v) is 4.87. The van der Waals surface area contributed by atoms with Gasteiger partial charge in [0, 0.05) is 12.6 Å². The van der Waals surface area contributed by atoms with E-state index in [2.05, 4.69) is 0 Å². The van der Waals surface area contributed by atoms with Crippen LogP contribution in [-0.2, 0) is 9.53 Å². The number of halogens is 3. The van der Waals surface area contributed by atoms with Crippen molar-refractivity contribution in [2.24, 2.45) is 11.7 Å². The van der Waals surface area contributed by atoms with Crippen LogP contribution >= 0.6 is 24.0 Å². The largest absolute Gasteiger partial charge is 0.370 e. The van der Waals surface area contributed by atoms with Crippen LogP contribution in [0.3, 0.4) is 0 Å². The lowest BCUT2D eigenvalue weighted by atomic mass is 10.0. The van der Waals surface area contributed by atoms with Gasteiger partial charge in [-0.3, -0.25) is 4.79 Å². The molecule has 2 N–H and O–H groups in total. The molecule has 3 rings (SSSR count). The first-order valence-corrected chi connectivity index (χ1v) is 8.05. The molecule has 0 radical (unpaired) electrons. The van der Waals surface area contributed by atoms with Crippen LogP contribution in [0.25, 0.3) is 0 Å². The van der Waals surface area contributed by atoms with Crippen LogP contribution in [0.2, 0.25) is 5.02 Å². The number of hydrogen-bond acceptors (Lipinski definition) is 3.